The van der Waals surface area contributed by atoms with Gasteiger partial charge in [-0.05, 0) is 31.3 Å². The van der Waals surface area contributed by atoms with Gasteiger partial charge in [-0.15, -0.1) is 23.5 Å². The predicted octanol–water partition coefficient (Wildman–Crippen LogP) is 2.38. The highest BCUT2D eigenvalue weighted by molar-refractivity contribution is 8.10. The van der Waals surface area contributed by atoms with Crippen molar-refractivity contribution in [3.63, 3.8) is 0 Å². The number of ether oxygens (including phenoxy) is 1. The van der Waals surface area contributed by atoms with Gasteiger partial charge in [0.1, 0.15) is 5.82 Å². The molecule has 0 aromatic carbocycles. The zero-order chi connectivity index (χ0) is 20.7. The van der Waals surface area contributed by atoms with Crippen LogP contribution in [0.4, 0.5) is 10.6 Å². The number of hydrogen-bond acceptors (Lipinski definition) is 8. The van der Waals surface area contributed by atoms with Gasteiger partial charge >= 0.3 is 6.09 Å². The lowest BCUT2D eigenvalue weighted by Gasteiger charge is -2.33. The number of anilines is 1. The maximum absolute atomic E-state index is 13.2. The van der Waals surface area contributed by atoms with Crippen LogP contribution < -0.4 is 4.90 Å². The van der Waals surface area contributed by atoms with Crippen LogP contribution in [-0.2, 0) is 9.53 Å². The normalized spacial score (nSPS) is 22.6. The number of thioether (sulfide) groups is 2. The van der Waals surface area contributed by atoms with Crippen molar-refractivity contribution in [2.45, 2.75) is 6.23 Å². The standard InChI is InChI=1S/C20H21N5O3S2/c1-23-7-9-24(10-8-23)20(27)28-19-16-15(29-11-12-30-16)18(26)25(19)14-5-4-13-3-2-6-21-17(13)22-14/h2-6,19H,7-12H2,1H3. The summed E-state index contributed by atoms with van der Waals surface area (Å²) >= 11 is 3.11. The summed E-state index contributed by atoms with van der Waals surface area (Å²) in [5, 5.41) is 0.889. The van der Waals surface area contributed by atoms with Gasteiger partial charge in [-0.2, -0.15) is 0 Å². The van der Waals surface area contributed by atoms with E-state index in [0.29, 0.717) is 29.5 Å². The Morgan fingerprint density at radius 3 is 2.77 bits per heavy atom. The Labute approximate surface area is 182 Å². The van der Waals surface area contributed by atoms with Crippen molar-refractivity contribution < 1.29 is 14.3 Å². The molecule has 1 saturated heterocycles. The van der Waals surface area contributed by atoms with Crippen molar-refractivity contribution in [1.82, 2.24) is 19.8 Å². The molecule has 1 atom stereocenters. The quantitative estimate of drug-likeness (QED) is 0.700. The number of amides is 2. The van der Waals surface area contributed by atoms with Gasteiger partial charge in [0.25, 0.3) is 5.91 Å². The van der Waals surface area contributed by atoms with Crippen molar-refractivity contribution in [2.24, 2.45) is 0 Å². The Morgan fingerprint density at radius 2 is 1.93 bits per heavy atom. The fourth-order valence-corrected chi connectivity index (χ4v) is 6.11. The minimum Gasteiger partial charge on any atom is -0.420 e. The Bertz CT molecular complexity index is 1040. The fourth-order valence-electron chi connectivity index (χ4n) is 3.68. The van der Waals surface area contributed by atoms with Gasteiger partial charge in [0, 0.05) is 49.3 Å². The maximum Gasteiger partial charge on any atom is 0.412 e. The Hall–Kier alpha value is -2.30. The molecule has 0 saturated carbocycles. The molecule has 3 aliphatic rings. The summed E-state index contributed by atoms with van der Waals surface area (Å²) in [5.41, 5.74) is 0.553. The van der Waals surface area contributed by atoms with Crippen LogP contribution in [0.15, 0.2) is 40.3 Å². The molecule has 30 heavy (non-hydrogen) atoms. The summed E-state index contributed by atoms with van der Waals surface area (Å²) in [6, 6.07) is 7.44. The first-order valence-corrected chi connectivity index (χ1v) is 11.8. The largest absolute Gasteiger partial charge is 0.420 e. The van der Waals surface area contributed by atoms with Crippen LogP contribution in [-0.4, -0.2) is 82.7 Å². The van der Waals surface area contributed by atoms with Crippen molar-refractivity contribution >= 4 is 52.4 Å². The number of rotatable bonds is 2. The van der Waals surface area contributed by atoms with E-state index in [0.717, 1.165) is 34.9 Å². The molecule has 2 aromatic rings. The number of hydrogen-bond donors (Lipinski definition) is 0. The van der Waals surface area contributed by atoms with Crippen LogP contribution in [0.3, 0.4) is 0 Å². The summed E-state index contributed by atoms with van der Waals surface area (Å²) in [5.74, 6) is 2.01. The third kappa shape index (κ3) is 3.52. The van der Waals surface area contributed by atoms with Crippen LogP contribution in [0.25, 0.3) is 11.0 Å². The van der Waals surface area contributed by atoms with E-state index in [9.17, 15) is 9.59 Å². The number of piperazine rings is 1. The summed E-state index contributed by atoms with van der Waals surface area (Å²) in [6.45, 7) is 2.83. The molecular weight excluding hydrogens is 422 g/mol. The molecule has 0 radical (unpaired) electrons. The average molecular weight is 444 g/mol. The minimum atomic E-state index is -0.786. The van der Waals surface area contributed by atoms with Crippen LogP contribution in [0.2, 0.25) is 0 Å². The smallest absolute Gasteiger partial charge is 0.412 e. The molecule has 156 valence electrons. The monoisotopic (exact) mass is 443 g/mol. The van der Waals surface area contributed by atoms with Crippen LogP contribution in [0, 0.1) is 0 Å². The van der Waals surface area contributed by atoms with E-state index >= 15 is 0 Å². The molecule has 0 N–H and O–H groups in total. The van der Waals surface area contributed by atoms with Crippen molar-refractivity contribution in [1.29, 1.82) is 0 Å². The van der Waals surface area contributed by atoms with Gasteiger partial charge in [-0.1, -0.05) is 0 Å². The Morgan fingerprint density at radius 1 is 1.13 bits per heavy atom. The van der Waals surface area contributed by atoms with Gasteiger partial charge < -0.3 is 14.5 Å². The van der Waals surface area contributed by atoms with E-state index in [4.69, 9.17) is 4.74 Å². The molecule has 1 unspecified atom stereocenters. The van der Waals surface area contributed by atoms with Gasteiger partial charge in [-0.3, -0.25) is 4.79 Å². The van der Waals surface area contributed by atoms with E-state index in [-0.39, 0.29) is 5.91 Å². The molecule has 1 fully saturated rings. The second kappa shape index (κ2) is 8.09. The lowest BCUT2D eigenvalue weighted by molar-refractivity contribution is -0.115. The maximum atomic E-state index is 13.2. The summed E-state index contributed by atoms with van der Waals surface area (Å²) in [7, 11) is 2.03. The predicted molar refractivity (Wildman–Crippen MR) is 118 cm³/mol. The number of pyridine rings is 2. The van der Waals surface area contributed by atoms with E-state index in [1.165, 1.54) is 16.7 Å². The first-order chi connectivity index (χ1) is 14.6. The topological polar surface area (TPSA) is 78.9 Å². The molecule has 2 amide bonds. The van der Waals surface area contributed by atoms with Crippen molar-refractivity contribution in [2.75, 3.05) is 49.6 Å². The number of likely N-dealkylation sites (N-methyl/N-ethyl adjacent to an activating group) is 1. The third-order valence-electron chi connectivity index (χ3n) is 5.35. The van der Waals surface area contributed by atoms with Crippen LogP contribution in [0.5, 0.6) is 0 Å². The lowest BCUT2D eigenvalue weighted by atomic mass is 10.3. The van der Waals surface area contributed by atoms with Crippen LogP contribution in [0.1, 0.15) is 0 Å². The number of aromatic nitrogens is 2. The highest BCUT2D eigenvalue weighted by Crippen LogP contribution is 2.45. The fraction of sp³-hybridized carbons (Fsp3) is 0.400. The summed E-state index contributed by atoms with van der Waals surface area (Å²) in [6.07, 6.45) is 0.492. The zero-order valence-electron chi connectivity index (χ0n) is 16.5. The number of nitrogens with zero attached hydrogens (tertiary/aromatic N) is 5. The average Bonchev–Trinajstić information content (AvgIpc) is 3.05. The third-order valence-corrected chi connectivity index (χ3v) is 7.96. The molecule has 10 heteroatoms. The molecule has 3 aliphatic heterocycles. The lowest BCUT2D eigenvalue weighted by Crippen LogP contribution is -2.49. The molecule has 0 bridgehead atoms. The van der Waals surface area contributed by atoms with Crippen molar-refractivity contribution in [3.8, 4) is 0 Å². The first kappa shape index (κ1) is 19.7. The number of carbonyl (C=O) groups excluding carboxylic acids is 2. The highest BCUT2D eigenvalue weighted by Gasteiger charge is 2.45. The van der Waals surface area contributed by atoms with Gasteiger partial charge in [0.2, 0.25) is 6.23 Å². The Kier molecular flexibility index (Phi) is 5.30. The number of carbonyl (C=O) groups is 2. The SMILES string of the molecule is CN1CCN(C(=O)OC2C3=C(SCCS3)C(=O)N2c2ccc3cccnc3n2)CC1. The molecule has 5 rings (SSSR count). The molecule has 8 nitrogen and oxygen atoms in total. The molecular formula is C20H21N5O3S2. The zero-order valence-corrected chi connectivity index (χ0v) is 18.1. The molecule has 0 aliphatic carbocycles. The van der Waals surface area contributed by atoms with E-state index in [1.807, 2.05) is 25.2 Å². The second-order valence-corrected chi connectivity index (χ2v) is 9.55. The van der Waals surface area contributed by atoms with Gasteiger partial charge in [0.15, 0.2) is 5.65 Å². The molecule has 0 spiro atoms. The number of fused-ring (bicyclic) bond motifs is 1. The van der Waals surface area contributed by atoms with Crippen LogP contribution >= 0.6 is 23.5 Å². The highest BCUT2D eigenvalue weighted by atomic mass is 32.2. The summed E-state index contributed by atoms with van der Waals surface area (Å²) < 4.78 is 5.93. The summed E-state index contributed by atoms with van der Waals surface area (Å²) in [4.78, 5) is 41.9. The van der Waals surface area contributed by atoms with E-state index < -0.39 is 12.3 Å². The Balaban J connectivity index is 1.46. The van der Waals surface area contributed by atoms with Gasteiger partial charge in [0.05, 0.1) is 9.81 Å². The second-order valence-electron chi connectivity index (χ2n) is 7.31. The van der Waals surface area contributed by atoms with E-state index in [2.05, 4.69) is 14.9 Å². The first-order valence-electron chi connectivity index (χ1n) is 9.81. The molecule has 2 aromatic heterocycles. The minimum absolute atomic E-state index is 0.166. The van der Waals surface area contributed by atoms with Crippen molar-refractivity contribution in [3.05, 3.63) is 40.3 Å². The molecule has 5 heterocycles. The van der Waals surface area contributed by atoms with E-state index in [1.54, 1.807) is 28.9 Å². The van der Waals surface area contributed by atoms with Gasteiger partial charge in [-0.25, -0.2) is 19.7 Å².